The molecule has 0 aliphatic carbocycles. The molecule has 1 aromatic rings. The lowest BCUT2D eigenvalue weighted by molar-refractivity contribution is 0.173. The average Bonchev–Trinajstić information content (AvgIpc) is 2.29. The van der Waals surface area contributed by atoms with Gasteiger partial charge in [0, 0.05) is 13.3 Å². The summed E-state index contributed by atoms with van der Waals surface area (Å²) in [5.74, 6) is 0.377. The van der Waals surface area contributed by atoms with Crippen LogP contribution in [-0.4, -0.2) is 37.9 Å². The number of methoxy groups -OCH3 is 2. The first kappa shape index (κ1) is 13.2. The van der Waals surface area contributed by atoms with Gasteiger partial charge in [0.05, 0.1) is 19.8 Å². The van der Waals surface area contributed by atoms with Crippen molar-refractivity contribution in [3.05, 3.63) is 18.3 Å². The fourth-order valence-corrected chi connectivity index (χ4v) is 1.32. The van der Waals surface area contributed by atoms with Crippen molar-refractivity contribution in [2.75, 3.05) is 26.1 Å². The van der Waals surface area contributed by atoms with Crippen LogP contribution in [0.1, 0.15) is 6.92 Å². The smallest absolute Gasteiger partial charge is 0.319 e. The van der Waals surface area contributed by atoms with Gasteiger partial charge in [-0.1, -0.05) is 0 Å². The van der Waals surface area contributed by atoms with Crippen LogP contribution in [0.2, 0.25) is 0 Å². The van der Waals surface area contributed by atoms with Crippen molar-refractivity contribution in [1.82, 2.24) is 10.3 Å². The molecule has 1 heterocycles. The third-order valence-corrected chi connectivity index (χ3v) is 2.01. The van der Waals surface area contributed by atoms with Crippen molar-refractivity contribution < 1.29 is 14.3 Å². The lowest BCUT2D eigenvalue weighted by atomic mass is 10.3. The third-order valence-electron chi connectivity index (χ3n) is 2.01. The topological polar surface area (TPSA) is 72.5 Å². The molecule has 94 valence electrons. The molecule has 0 radical (unpaired) electrons. The molecule has 2 N–H and O–H groups in total. The van der Waals surface area contributed by atoms with Gasteiger partial charge in [-0.05, 0) is 19.1 Å². The number of urea groups is 1. The molecule has 0 aliphatic rings. The highest BCUT2D eigenvalue weighted by Gasteiger charge is 2.10. The summed E-state index contributed by atoms with van der Waals surface area (Å²) >= 11 is 0. The Morgan fingerprint density at radius 2 is 2.29 bits per heavy atom. The van der Waals surface area contributed by atoms with Gasteiger partial charge in [-0.3, -0.25) is 0 Å². The number of carbonyl (C=O) groups is 1. The predicted molar refractivity (Wildman–Crippen MR) is 64.3 cm³/mol. The number of rotatable bonds is 5. The largest absolute Gasteiger partial charge is 0.480 e. The molecule has 1 atom stereocenters. The summed E-state index contributed by atoms with van der Waals surface area (Å²) < 4.78 is 9.94. The van der Waals surface area contributed by atoms with Crippen molar-refractivity contribution in [3.63, 3.8) is 0 Å². The maximum Gasteiger partial charge on any atom is 0.319 e. The van der Waals surface area contributed by atoms with Gasteiger partial charge in [0.1, 0.15) is 5.69 Å². The van der Waals surface area contributed by atoms with Gasteiger partial charge in [-0.2, -0.15) is 0 Å². The van der Waals surface area contributed by atoms with E-state index in [1.54, 1.807) is 25.4 Å². The van der Waals surface area contributed by atoms with Gasteiger partial charge in [0.2, 0.25) is 5.88 Å². The van der Waals surface area contributed by atoms with Crippen molar-refractivity contribution in [1.29, 1.82) is 0 Å². The number of nitrogens with zero attached hydrogens (tertiary/aromatic N) is 1. The molecule has 6 heteroatoms. The van der Waals surface area contributed by atoms with Gasteiger partial charge in [-0.15, -0.1) is 0 Å². The number of aromatic nitrogens is 1. The summed E-state index contributed by atoms with van der Waals surface area (Å²) in [6, 6.07) is 3.05. The van der Waals surface area contributed by atoms with Gasteiger partial charge >= 0.3 is 6.03 Å². The Morgan fingerprint density at radius 1 is 1.53 bits per heavy atom. The summed E-state index contributed by atoms with van der Waals surface area (Å²) in [7, 11) is 3.08. The third kappa shape index (κ3) is 4.28. The molecule has 0 saturated carbocycles. The minimum absolute atomic E-state index is 0.0670. The minimum Gasteiger partial charge on any atom is -0.480 e. The Morgan fingerprint density at radius 3 is 2.94 bits per heavy atom. The summed E-state index contributed by atoms with van der Waals surface area (Å²) in [6.45, 7) is 2.31. The first-order valence-corrected chi connectivity index (χ1v) is 5.22. The minimum atomic E-state index is -0.319. The zero-order valence-corrected chi connectivity index (χ0v) is 10.2. The highest BCUT2D eigenvalue weighted by Crippen LogP contribution is 2.19. The number of pyridine rings is 1. The summed E-state index contributed by atoms with van der Waals surface area (Å²) in [5.41, 5.74) is 0.525. The van der Waals surface area contributed by atoms with E-state index >= 15 is 0 Å². The van der Waals surface area contributed by atoms with Crippen LogP contribution in [-0.2, 0) is 4.74 Å². The zero-order valence-electron chi connectivity index (χ0n) is 10.2. The summed E-state index contributed by atoms with van der Waals surface area (Å²) in [5, 5.41) is 5.38. The fraction of sp³-hybridized carbons (Fsp3) is 0.455. The van der Waals surface area contributed by atoms with Crippen LogP contribution in [0.15, 0.2) is 18.3 Å². The van der Waals surface area contributed by atoms with Crippen molar-refractivity contribution in [2.45, 2.75) is 13.0 Å². The molecule has 2 amide bonds. The molecule has 1 unspecified atom stereocenters. The van der Waals surface area contributed by atoms with Crippen molar-refractivity contribution in [3.8, 4) is 5.88 Å². The number of amides is 2. The maximum atomic E-state index is 11.6. The standard InChI is InChI=1S/C11H17N3O3/c1-8(7-16-2)13-11(15)14-9-5-4-6-12-10(9)17-3/h4-6,8H,7H2,1-3H3,(H2,13,14,15). The number of anilines is 1. The van der Waals surface area contributed by atoms with E-state index in [2.05, 4.69) is 15.6 Å². The molecule has 0 bridgehead atoms. The summed E-state index contributed by atoms with van der Waals surface area (Å²) in [4.78, 5) is 15.6. The van der Waals surface area contributed by atoms with Crippen molar-refractivity contribution in [2.24, 2.45) is 0 Å². The molecule has 0 fully saturated rings. The van der Waals surface area contributed by atoms with Gasteiger partial charge in [0.15, 0.2) is 0 Å². The van der Waals surface area contributed by atoms with E-state index in [0.29, 0.717) is 18.2 Å². The SMILES string of the molecule is COCC(C)NC(=O)Nc1cccnc1OC. The fourth-order valence-electron chi connectivity index (χ4n) is 1.32. The molecule has 1 aromatic heterocycles. The molecule has 0 aliphatic heterocycles. The second-order valence-electron chi connectivity index (χ2n) is 3.52. The Hall–Kier alpha value is -1.82. The number of hydrogen-bond donors (Lipinski definition) is 2. The molecule has 1 rings (SSSR count). The average molecular weight is 239 g/mol. The van der Waals surface area contributed by atoms with Crippen LogP contribution in [0.3, 0.4) is 0 Å². The van der Waals surface area contributed by atoms with E-state index in [1.165, 1.54) is 7.11 Å². The van der Waals surface area contributed by atoms with Gasteiger partial charge in [-0.25, -0.2) is 9.78 Å². The van der Waals surface area contributed by atoms with Gasteiger partial charge in [0.25, 0.3) is 0 Å². The van der Waals surface area contributed by atoms with E-state index in [9.17, 15) is 4.79 Å². The Balaban J connectivity index is 2.55. The van der Waals surface area contributed by atoms with Crippen LogP contribution in [0, 0.1) is 0 Å². The lowest BCUT2D eigenvalue weighted by Crippen LogP contribution is -2.38. The maximum absolute atomic E-state index is 11.6. The van der Waals surface area contributed by atoms with Gasteiger partial charge < -0.3 is 20.1 Å². The Bertz CT molecular complexity index is 371. The predicted octanol–water partition coefficient (Wildman–Crippen LogP) is 1.25. The summed E-state index contributed by atoms with van der Waals surface area (Å²) in [6.07, 6.45) is 1.59. The Kier molecular flexibility index (Phi) is 5.22. The molecule has 0 aromatic carbocycles. The second-order valence-corrected chi connectivity index (χ2v) is 3.52. The number of ether oxygens (including phenoxy) is 2. The molecular formula is C11H17N3O3. The van der Waals surface area contributed by atoms with Crippen molar-refractivity contribution >= 4 is 11.7 Å². The first-order chi connectivity index (χ1) is 8.17. The first-order valence-electron chi connectivity index (χ1n) is 5.22. The molecular weight excluding hydrogens is 222 g/mol. The molecule has 6 nitrogen and oxygen atoms in total. The van der Waals surface area contributed by atoms with Crippen LogP contribution in [0.25, 0.3) is 0 Å². The van der Waals surface area contributed by atoms with E-state index in [4.69, 9.17) is 9.47 Å². The van der Waals surface area contributed by atoms with E-state index in [1.807, 2.05) is 6.92 Å². The molecule has 0 saturated heterocycles. The van der Waals surface area contributed by atoms with E-state index in [-0.39, 0.29) is 12.1 Å². The van der Waals surface area contributed by atoms with Crippen LogP contribution < -0.4 is 15.4 Å². The van der Waals surface area contributed by atoms with Crippen LogP contribution in [0.4, 0.5) is 10.5 Å². The van der Waals surface area contributed by atoms with E-state index in [0.717, 1.165) is 0 Å². The van der Waals surface area contributed by atoms with Crippen LogP contribution >= 0.6 is 0 Å². The highest BCUT2D eigenvalue weighted by molar-refractivity contribution is 5.90. The second kappa shape index (κ2) is 6.70. The van der Waals surface area contributed by atoms with E-state index < -0.39 is 0 Å². The highest BCUT2D eigenvalue weighted by atomic mass is 16.5. The monoisotopic (exact) mass is 239 g/mol. The normalized spacial score (nSPS) is 11.7. The molecule has 0 spiro atoms. The van der Waals surface area contributed by atoms with Crippen LogP contribution in [0.5, 0.6) is 5.88 Å². The molecule has 17 heavy (non-hydrogen) atoms. The quantitative estimate of drug-likeness (QED) is 0.811. The number of hydrogen-bond acceptors (Lipinski definition) is 4. The lowest BCUT2D eigenvalue weighted by Gasteiger charge is -2.14. The zero-order chi connectivity index (χ0) is 12.7. The Labute approximate surface area is 100 Å². The number of carbonyl (C=O) groups excluding carboxylic acids is 1. The number of nitrogens with one attached hydrogen (secondary N) is 2.